The van der Waals surface area contributed by atoms with E-state index in [0.717, 1.165) is 10.8 Å². The summed E-state index contributed by atoms with van der Waals surface area (Å²) in [4.78, 5) is 22.4. The van der Waals surface area contributed by atoms with Gasteiger partial charge in [-0.05, 0) is 6.92 Å². The molecule has 0 radical (unpaired) electrons. The van der Waals surface area contributed by atoms with Gasteiger partial charge in [0.15, 0.2) is 6.21 Å². The number of ketones is 1. The van der Waals surface area contributed by atoms with Crippen molar-refractivity contribution in [1.82, 2.24) is 10.0 Å². The minimum absolute atomic E-state index is 0.306. The highest BCUT2D eigenvalue weighted by Gasteiger charge is 2.42. The quantitative estimate of drug-likeness (QED) is 0.330. The number of hydrazine groups is 1. The third kappa shape index (κ3) is 2.19. The second kappa shape index (κ2) is 4.19. The van der Waals surface area contributed by atoms with Gasteiger partial charge in [0, 0.05) is 7.05 Å². The molecule has 1 fully saturated rings. The molecule has 1 aliphatic rings. The zero-order chi connectivity index (χ0) is 11.6. The summed E-state index contributed by atoms with van der Waals surface area (Å²) in [7, 11) is 3.25. The number of urea groups is 1. The first-order chi connectivity index (χ1) is 6.97. The van der Waals surface area contributed by atoms with Crippen LogP contribution in [-0.4, -0.2) is 59.3 Å². The summed E-state index contributed by atoms with van der Waals surface area (Å²) in [6.07, 6.45) is 0.985. The molecule has 1 heterocycles. The number of likely N-dealkylation sites (N-methyl/N-ethyl adjacent to an activating group) is 1. The van der Waals surface area contributed by atoms with Gasteiger partial charge in [-0.2, -0.15) is 14.6 Å². The highest BCUT2D eigenvalue weighted by Crippen LogP contribution is 2.15. The van der Waals surface area contributed by atoms with Gasteiger partial charge in [-0.1, -0.05) is 0 Å². The number of nitriles is 1. The van der Waals surface area contributed by atoms with E-state index in [4.69, 9.17) is 5.26 Å². The van der Waals surface area contributed by atoms with E-state index in [1.54, 1.807) is 12.1 Å². The summed E-state index contributed by atoms with van der Waals surface area (Å²) in [5, 5.41) is 11.6. The van der Waals surface area contributed by atoms with Crippen molar-refractivity contribution in [2.24, 2.45) is 0 Å². The molecule has 0 N–H and O–H groups in total. The van der Waals surface area contributed by atoms with Crippen molar-refractivity contribution < 1.29 is 14.2 Å². The molecular formula is C9H13N4O2+. The maximum Gasteiger partial charge on any atom is 0.511 e. The molecule has 1 rings (SSSR count). The molecule has 0 aromatic rings. The van der Waals surface area contributed by atoms with Crippen LogP contribution >= 0.6 is 0 Å². The van der Waals surface area contributed by atoms with Crippen molar-refractivity contribution in [2.75, 3.05) is 20.6 Å². The Hall–Kier alpha value is -1.74. The van der Waals surface area contributed by atoms with Gasteiger partial charge in [0.2, 0.25) is 0 Å². The molecule has 0 aromatic carbocycles. The molecular weight excluding hydrogens is 196 g/mol. The van der Waals surface area contributed by atoms with Crippen LogP contribution < -0.4 is 0 Å². The SMILES string of the molecule is CC1CN(C(=O)/[N+](C)=C/C(=O)C#N)N1C. The normalized spacial score (nSPS) is 21.9. The van der Waals surface area contributed by atoms with Gasteiger partial charge in [-0.3, -0.25) is 4.79 Å². The van der Waals surface area contributed by atoms with Gasteiger partial charge in [0.1, 0.15) is 12.6 Å². The topological polar surface area (TPSA) is 67.4 Å². The number of carbonyl (C=O) groups is 2. The molecule has 2 amide bonds. The lowest BCUT2D eigenvalue weighted by atomic mass is 10.2. The van der Waals surface area contributed by atoms with Crippen molar-refractivity contribution in [2.45, 2.75) is 13.0 Å². The molecule has 0 spiro atoms. The fourth-order valence-electron chi connectivity index (χ4n) is 1.29. The minimum Gasteiger partial charge on any atom is -0.274 e. The van der Waals surface area contributed by atoms with E-state index in [0.29, 0.717) is 12.6 Å². The zero-order valence-corrected chi connectivity index (χ0v) is 8.97. The Labute approximate surface area is 88.0 Å². The second-order valence-electron chi connectivity index (χ2n) is 3.50. The average molecular weight is 209 g/mol. The highest BCUT2D eigenvalue weighted by atomic mass is 16.2. The fourth-order valence-corrected chi connectivity index (χ4v) is 1.29. The largest absolute Gasteiger partial charge is 0.511 e. The number of hydrogen-bond acceptors (Lipinski definition) is 4. The fraction of sp³-hybridized carbons (Fsp3) is 0.556. The number of hydrogen-bond donors (Lipinski definition) is 0. The Morgan fingerprint density at radius 3 is 2.60 bits per heavy atom. The molecule has 1 atom stereocenters. The third-order valence-corrected chi connectivity index (χ3v) is 2.40. The number of rotatable bonds is 1. The van der Waals surface area contributed by atoms with Crippen LogP contribution in [0.15, 0.2) is 0 Å². The number of nitrogens with zero attached hydrogens (tertiary/aromatic N) is 4. The van der Waals surface area contributed by atoms with E-state index >= 15 is 0 Å². The predicted molar refractivity (Wildman–Crippen MR) is 52.2 cm³/mol. The van der Waals surface area contributed by atoms with E-state index in [9.17, 15) is 9.59 Å². The van der Waals surface area contributed by atoms with Gasteiger partial charge in [-0.15, -0.1) is 10.0 Å². The summed E-state index contributed by atoms with van der Waals surface area (Å²) >= 11 is 0. The van der Waals surface area contributed by atoms with Gasteiger partial charge < -0.3 is 0 Å². The molecule has 6 nitrogen and oxygen atoms in total. The summed E-state index contributed by atoms with van der Waals surface area (Å²) in [5.74, 6) is -0.734. The maximum absolute atomic E-state index is 11.6. The average Bonchev–Trinajstić information content (AvgIpc) is 2.23. The number of Topliss-reactive ketones (excluding diaryl/α,β-unsaturated/α-hetero) is 1. The van der Waals surface area contributed by atoms with Crippen LogP contribution in [0, 0.1) is 11.3 Å². The van der Waals surface area contributed by atoms with E-state index in [2.05, 4.69) is 0 Å². The van der Waals surface area contributed by atoms with Gasteiger partial charge >= 0.3 is 6.03 Å². The predicted octanol–water partition coefficient (Wildman–Crippen LogP) is -0.537. The molecule has 0 bridgehead atoms. The van der Waals surface area contributed by atoms with Crippen molar-refractivity contribution in [1.29, 1.82) is 5.26 Å². The Balaban J connectivity index is 2.67. The highest BCUT2D eigenvalue weighted by molar-refractivity contribution is 6.33. The molecule has 0 aromatic heterocycles. The maximum atomic E-state index is 11.6. The van der Waals surface area contributed by atoms with Crippen LogP contribution in [0.1, 0.15) is 6.92 Å². The summed E-state index contributed by atoms with van der Waals surface area (Å²) in [6, 6.07) is 1.45. The Kier molecular flexibility index (Phi) is 3.17. The standard InChI is InChI=1S/C9H13N4O2/c1-7-5-13(12(7)3)9(15)11(2)6-8(14)4-10/h6-7H,5H2,1-3H3/q+1/b11-6+. The van der Waals surface area contributed by atoms with Crippen LogP contribution in [-0.2, 0) is 4.79 Å². The summed E-state index contributed by atoms with van der Waals surface area (Å²) in [5.41, 5.74) is 0. The van der Waals surface area contributed by atoms with Gasteiger partial charge in [0.25, 0.3) is 5.78 Å². The molecule has 0 aliphatic carbocycles. The molecule has 15 heavy (non-hydrogen) atoms. The molecule has 0 saturated carbocycles. The number of amides is 2. The van der Waals surface area contributed by atoms with E-state index in [1.165, 1.54) is 18.1 Å². The molecule has 1 aliphatic heterocycles. The smallest absolute Gasteiger partial charge is 0.274 e. The van der Waals surface area contributed by atoms with Crippen molar-refractivity contribution in [3.63, 3.8) is 0 Å². The lowest BCUT2D eigenvalue weighted by Gasteiger charge is -2.39. The van der Waals surface area contributed by atoms with E-state index < -0.39 is 5.78 Å². The third-order valence-electron chi connectivity index (χ3n) is 2.40. The Bertz CT molecular complexity index is 369. The van der Waals surface area contributed by atoms with Crippen LogP contribution in [0.25, 0.3) is 0 Å². The monoisotopic (exact) mass is 209 g/mol. The second-order valence-corrected chi connectivity index (χ2v) is 3.50. The first-order valence-electron chi connectivity index (χ1n) is 4.53. The first-order valence-corrected chi connectivity index (χ1v) is 4.53. The molecule has 1 saturated heterocycles. The lowest BCUT2D eigenvalue weighted by molar-refractivity contribution is -0.411. The zero-order valence-electron chi connectivity index (χ0n) is 8.97. The first kappa shape index (κ1) is 11.3. The van der Waals surface area contributed by atoms with Gasteiger partial charge in [0.05, 0.1) is 13.1 Å². The van der Waals surface area contributed by atoms with Crippen LogP contribution in [0.4, 0.5) is 4.79 Å². The summed E-state index contributed by atoms with van der Waals surface area (Å²) in [6.45, 7) is 2.63. The van der Waals surface area contributed by atoms with E-state index in [1.807, 2.05) is 6.92 Å². The van der Waals surface area contributed by atoms with E-state index in [-0.39, 0.29) is 6.03 Å². The Morgan fingerprint density at radius 2 is 2.20 bits per heavy atom. The van der Waals surface area contributed by atoms with Crippen molar-refractivity contribution in [3.05, 3.63) is 0 Å². The van der Waals surface area contributed by atoms with Gasteiger partial charge in [-0.25, -0.2) is 0 Å². The van der Waals surface area contributed by atoms with Crippen LogP contribution in [0.2, 0.25) is 0 Å². The van der Waals surface area contributed by atoms with Crippen LogP contribution in [0.3, 0.4) is 0 Å². The van der Waals surface area contributed by atoms with Crippen LogP contribution in [0.5, 0.6) is 0 Å². The summed E-state index contributed by atoms with van der Waals surface area (Å²) < 4.78 is 1.12. The minimum atomic E-state index is -0.734. The number of carbonyl (C=O) groups excluding carboxylic acids is 2. The lowest BCUT2D eigenvalue weighted by Crippen LogP contribution is -2.64. The molecule has 6 heteroatoms. The Morgan fingerprint density at radius 1 is 1.60 bits per heavy atom. The van der Waals surface area contributed by atoms with Crippen molar-refractivity contribution in [3.8, 4) is 6.07 Å². The van der Waals surface area contributed by atoms with Crippen molar-refractivity contribution >= 4 is 18.0 Å². The molecule has 80 valence electrons. The molecule has 1 unspecified atom stereocenters.